The van der Waals surface area contributed by atoms with Crippen molar-refractivity contribution in [1.29, 1.82) is 0 Å². The van der Waals surface area contributed by atoms with Crippen LogP contribution in [0.15, 0.2) is 146 Å². The molecule has 0 N–H and O–H groups in total. The number of hydrogen-bond acceptors (Lipinski definition) is 3. The summed E-state index contributed by atoms with van der Waals surface area (Å²) in [6, 6.07) is 42.1. The van der Waals surface area contributed by atoms with E-state index in [2.05, 4.69) is 109 Å². The Morgan fingerprint density at radius 2 is 1.20 bits per heavy atom. The van der Waals surface area contributed by atoms with Crippen molar-refractivity contribution in [3.63, 3.8) is 0 Å². The molecular weight excluding hydrogens is 500 g/mol. The van der Waals surface area contributed by atoms with Crippen molar-refractivity contribution in [2.75, 3.05) is 0 Å². The first-order valence-electron chi connectivity index (χ1n) is 14.0. The molecule has 0 fully saturated rings. The van der Waals surface area contributed by atoms with Crippen molar-refractivity contribution in [3.05, 3.63) is 151 Å². The third-order valence-corrected chi connectivity index (χ3v) is 8.06. The number of aromatic nitrogens is 2. The van der Waals surface area contributed by atoms with Crippen LogP contribution in [-0.4, -0.2) is 16.1 Å². The van der Waals surface area contributed by atoms with Crippen LogP contribution in [0.5, 0.6) is 5.75 Å². The fourth-order valence-electron chi connectivity index (χ4n) is 6.13. The monoisotopic (exact) mass is 526 g/mol. The normalized spacial score (nSPS) is 16.8. The zero-order valence-corrected chi connectivity index (χ0v) is 22.3. The summed E-state index contributed by atoms with van der Waals surface area (Å²) >= 11 is 0. The Morgan fingerprint density at radius 3 is 1.93 bits per heavy atom. The first-order chi connectivity index (χ1) is 20.3. The van der Waals surface area contributed by atoms with Gasteiger partial charge in [-0.2, -0.15) is 0 Å². The van der Waals surface area contributed by atoms with Gasteiger partial charge in [0.05, 0.1) is 11.4 Å². The molecule has 0 bridgehead atoms. The van der Waals surface area contributed by atoms with Crippen LogP contribution in [0.3, 0.4) is 0 Å². The van der Waals surface area contributed by atoms with Crippen LogP contribution in [0.1, 0.15) is 11.5 Å². The topological polar surface area (TPSA) is 35.0 Å². The van der Waals surface area contributed by atoms with Gasteiger partial charge >= 0.3 is 0 Å². The highest BCUT2D eigenvalue weighted by Crippen LogP contribution is 2.46. The van der Waals surface area contributed by atoms with E-state index < -0.39 is 0 Å². The second-order valence-electron chi connectivity index (χ2n) is 10.5. The number of rotatable bonds is 4. The Morgan fingerprint density at radius 1 is 0.537 bits per heavy atom. The van der Waals surface area contributed by atoms with Gasteiger partial charge in [0.2, 0.25) is 0 Å². The van der Waals surface area contributed by atoms with E-state index in [1.54, 1.807) is 0 Å². The minimum Gasteiger partial charge on any atom is -0.485 e. The molecular formula is C38H26N2O. The van der Waals surface area contributed by atoms with E-state index in [1.807, 2.05) is 36.4 Å². The van der Waals surface area contributed by atoms with Gasteiger partial charge in [0.15, 0.2) is 5.82 Å². The average molecular weight is 527 g/mol. The second-order valence-corrected chi connectivity index (χ2v) is 10.5. The standard InChI is InChI=1S/C38H26N2O/c1-3-12-25(13-4-1)33-24-34(26-14-5-2-6-15-26)40-38(39-33)32-18-8-7-16-27(32)28-22-23-36-37-30(28)19-11-20-31(37)29-17-9-10-21-35(29)41-36/h1-24,29,35H. The van der Waals surface area contributed by atoms with Crippen molar-refractivity contribution in [1.82, 2.24) is 9.97 Å². The predicted molar refractivity (Wildman–Crippen MR) is 167 cm³/mol. The van der Waals surface area contributed by atoms with Crippen molar-refractivity contribution >= 4 is 10.8 Å². The zero-order chi connectivity index (χ0) is 27.2. The lowest BCUT2D eigenvalue weighted by atomic mass is 9.82. The molecule has 1 aromatic heterocycles. The SMILES string of the molecule is C1=CC2Oc3ccc(-c4ccccc4-c4nc(-c5ccccc5)cc(-c5ccccc5)n4)c4cccc(c34)C2C=C1. The third kappa shape index (κ3) is 4.06. The molecule has 6 aromatic rings. The van der Waals surface area contributed by atoms with Gasteiger partial charge in [0.1, 0.15) is 11.9 Å². The lowest BCUT2D eigenvalue weighted by Crippen LogP contribution is -2.27. The Labute approximate surface area is 239 Å². The van der Waals surface area contributed by atoms with Gasteiger partial charge in [-0.25, -0.2) is 9.97 Å². The molecule has 0 radical (unpaired) electrons. The largest absolute Gasteiger partial charge is 0.485 e. The Bertz CT molecular complexity index is 1920. The van der Waals surface area contributed by atoms with Gasteiger partial charge in [-0.05, 0) is 40.3 Å². The number of hydrogen-bond donors (Lipinski definition) is 0. The fraction of sp³-hybridized carbons (Fsp3) is 0.0526. The smallest absolute Gasteiger partial charge is 0.161 e. The molecule has 2 atom stereocenters. The molecule has 5 aromatic carbocycles. The molecule has 2 unspecified atom stereocenters. The summed E-state index contributed by atoms with van der Waals surface area (Å²) in [7, 11) is 0. The van der Waals surface area contributed by atoms with E-state index in [1.165, 1.54) is 16.3 Å². The average Bonchev–Trinajstić information content (AvgIpc) is 3.06. The van der Waals surface area contributed by atoms with E-state index in [0.29, 0.717) is 5.82 Å². The quantitative estimate of drug-likeness (QED) is 0.230. The molecule has 0 spiro atoms. The summed E-state index contributed by atoms with van der Waals surface area (Å²) < 4.78 is 6.48. The highest BCUT2D eigenvalue weighted by molar-refractivity contribution is 6.05. The Balaban J connectivity index is 1.34. The lowest BCUT2D eigenvalue weighted by Gasteiger charge is -2.32. The predicted octanol–water partition coefficient (Wildman–Crippen LogP) is 9.27. The van der Waals surface area contributed by atoms with E-state index in [-0.39, 0.29) is 12.0 Å². The van der Waals surface area contributed by atoms with Crippen LogP contribution in [0.25, 0.3) is 55.8 Å². The van der Waals surface area contributed by atoms with Gasteiger partial charge in [-0.1, -0.05) is 127 Å². The lowest BCUT2D eigenvalue weighted by molar-refractivity contribution is 0.227. The molecule has 3 heteroatoms. The molecule has 0 amide bonds. The fourth-order valence-corrected chi connectivity index (χ4v) is 6.13. The molecule has 2 aliphatic rings. The molecule has 2 heterocycles. The first kappa shape index (κ1) is 23.6. The number of allylic oxidation sites excluding steroid dienone is 2. The number of fused-ring (bicyclic) bond motifs is 2. The maximum absolute atomic E-state index is 6.48. The molecule has 8 rings (SSSR count). The summed E-state index contributed by atoms with van der Waals surface area (Å²) in [6.45, 7) is 0. The number of ether oxygens (including phenoxy) is 1. The van der Waals surface area contributed by atoms with Gasteiger partial charge in [-0.3, -0.25) is 0 Å². The van der Waals surface area contributed by atoms with Crippen LogP contribution < -0.4 is 4.74 Å². The molecule has 0 saturated carbocycles. The zero-order valence-electron chi connectivity index (χ0n) is 22.3. The summed E-state index contributed by atoms with van der Waals surface area (Å²) in [5.41, 5.74) is 8.48. The van der Waals surface area contributed by atoms with Crippen LogP contribution in [0.2, 0.25) is 0 Å². The Hall–Kier alpha value is -5.28. The summed E-state index contributed by atoms with van der Waals surface area (Å²) in [6.07, 6.45) is 8.62. The summed E-state index contributed by atoms with van der Waals surface area (Å²) in [4.78, 5) is 10.3. The first-order valence-corrected chi connectivity index (χ1v) is 14.0. The minimum atomic E-state index is 0.0294. The molecule has 3 nitrogen and oxygen atoms in total. The van der Waals surface area contributed by atoms with Crippen LogP contribution in [0, 0.1) is 0 Å². The highest BCUT2D eigenvalue weighted by atomic mass is 16.5. The van der Waals surface area contributed by atoms with Crippen molar-refractivity contribution in [2.24, 2.45) is 0 Å². The van der Waals surface area contributed by atoms with Crippen molar-refractivity contribution in [2.45, 2.75) is 12.0 Å². The molecule has 41 heavy (non-hydrogen) atoms. The van der Waals surface area contributed by atoms with Gasteiger partial charge in [0, 0.05) is 28.0 Å². The number of nitrogens with zero attached hydrogens (tertiary/aromatic N) is 2. The summed E-state index contributed by atoms with van der Waals surface area (Å²) in [5.74, 6) is 1.85. The number of benzene rings is 5. The molecule has 0 saturated heterocycles. The maximum atomic E-state index is 6.48. The highest BCUT2D eigenvalue weighted by Gasteiger charge is 2.30. The van der Waals surface area contributed by atoms with Crippen molar-refractivity contribution in [3.8, 4) is 50.8 Å². The van der Waals surface area contributed by atoms with E-state index in [4.69, 9.17) is 14.7 Å². The second kappa shape index (κ2) is 9.72. The van der Waals surface area contributed by atoms with Gasteiger partial charge in [-0.15, -0.1) is 0 Å². The van der Waals surface area contributed by atoms with E-state index in [0.717, 1.165) is 45.0 Å². The van der Waals surface area contributed by atoms with Crippen LogP contribution in [-0.2, 0) is 0 Å². The van der Waals surface area contributed by atoms with Crippen molar-refractivity contribution < 1.29 is 4.74 Å². The molecule has 1 aliphatic carbocycles. The van der Waals surface area contributed by atoms with Gasteiger partial charge < -0.3 is 4.74 Å². The third-order valence-electron chi connectivity index (χ3n) is 8.06. The van der Waals surface area contributed by atoms with Gasteiger partial charge in [0.25, 0.3) is 0 Å². The van der Waals surface area contributed by atoms with E-state index in [9.17, 15) is 0 Å². The van der Waals surface area contributed by atoms with Crippen LogP contribution >= 0.6 is 0 Å². The summed E-state index contributed by atoms with van der Waals surface area (Å²) in [5, 5.41) is 2.36. The Kier molecular flexibility index (Phi) is 5.60. The molecule has 194 valence electrons. The minimum absolute atomic E-state index is 0.0294. The van der Waals surface area contributed by atoms with Crippen LogP contribution in [0.4, 0.5) is 0 Å². The maximum Gasteiger partial charge on any atom is 0.161 e. The molecule has 1 aliphatic heterocycles. The van der Waals surface area contributed by atoms with E-state index >= 15 is 0 Å².